The number of benzene rings is 1. The SMILES string of the molecule is Cc1ccc(/C=C/C(=O)N(C)CC(=O)NCc2ccco2)c(Br)c1. The van der Waals surface area contributed by atoms with Gasteiger partial charge in [-0.3, -0.25) is 9.59 Å². The highest BCUT2D eigenvalue weighted by Crippen LogP contribution is 2.19. The van der Waals surface area contributed by atoms with Crippen LogP contribution in [-0.4, -0.2) is 30.3 Å². The van der Waals surface area contributed by atoms with Crippen molar-refractivity contribution in [2.75, 3.05) is 13.6 Å². The summed E-state index contributed by atoms with van der Waals surface area (Å²) in [5, 5.41) is 2.70. The summed E-state index contributed by atoms with van der Waals surface area (Å²) in [6, 6.07) is 9.42. The van der Waals surface area contributed by atoms with Crippen molar-refractivity contribution in [3.05, 3.63) is 64.0 Å². The number of amides is 2. The van der Waals surface area contributed by atoms with E-state index in [4.69, 9.17) is 4.42 Å². The molecule has 0 saturated heterocycles. The zero-order valence-electron chi connectivity index (χ0n) is 13.6. The maximum atomic E-state index is 12.1. The number of carbonyl (C=O) groups excluding carboxylic acids is 2. The monoisotopic (exact) mass is 390 g/mol. The number of rotatable bonds is 6. The van der Waals surface area contributed by atoms with Gasteiger partial charge in [-0.2, -0.15) is 0 Å². The molecule has 1 aromatic carbocycles. The number of carbonyl (C=O) groups is 2. The van der Waals surface area contributed by atoms with E-state index >= 15 is 0 Å². The second-order valence-electron chi connectivity index (χ2n) is 5.41. The zero-order valence-corrected chi connectivity index (χ0v) is 15.2. The highest BCUT2D eigenvalue weighted by Gasteiger charge is 2.11. The Labute approximate surface area is 149 Å². The van der Waals surface area contributed by atoms with Gasteiger partial charge in [0.05, 0.1) is 19.4 Å². The van der Waals surface area contributed by atoms with Gasteiger partial charge in [0.1, 0.15) is 5.76 Å². The van der Waals surface area contributed by atoms with Crippen LogP contribution in [0.1, 0.15) is 16.9 Å². The van der Waals surface area contributed by atoms with E-state index in [2.05, 4.69) is 21.2 Å². The van der Waals surface area contributed by atoms with E-state index < -0.39 is 0 Å². The molecule has 1 N–H and O–H groups in total. The van der Waals surface area contributed by atoms with Gasteiger partial charge >= 0.3 is 0 Å². The average molecular weight is 391 g/mol. The smallest absolute Gasteiger partial charge is 0.246 e. The van der Waals surface area contributed by atoms with Gasteiger partial charge in [0.15, 0.2) is 0 Å². The molecule has 0 radical (unpaired) electrons. The molecule has 0 atom stereocenters. The second-order valence-corrected chi connectivity index (χ2v) is 6.26. The fourth-order valence-corrected chi connectivity index (χ4v) is 2.63. The zero-order chi connectivity index (χ0) is 17.5. The maximum absolute atomic E-state index is 12.1. The van der Waals surface area contributed by atoms with E-state index in [1.165, 1.54) is 11.0 Å². The first kappa shape index (κ1) is 18.0. The first-order chi connectivity index (χ1) is 11.5. The molecule has 2 amide bonds. The number of hydrogen-bond donors (Lipinski definition) is 1. The lowest BCUT2D eigenvalue weighted by Gasteiger charge is -2.14. The third-order valence-corrected chi connectivity index (χ3v) is 4.05. The predicted molar refractivity (Wildman–Crippen MR) is 96.1 cm³/mol. The van der Waals surface area contributed by atoms with Crippen LogP contribution in [0.15, 0.2) is 51.6 Å². The quantitative estimate of drug-likeness (QED) is 0.770. The first-order valence-corrected chi connectivity index (χ1v) is 8.23. The topological polar surface area (TPSA) is 62.6 Å². The number of nitrogens with one attached hydrogen (secondary N) is 1. The maximum Gasteiger partial charge on any atom is 0.246 e. The Morgan fingerprint density at radius 1 is 1.33 bits per heavy atom. The van der Waals surface area contributed by atoms with Crippen molar-refractivity contribution in [3.8, 4) is 0 Å². The Hall–Kier alpha value is -2.34. The normalized spacial score (nSPS) is 10.8. The summed E-state index contributed by atoms with van der Waals surface area (Å²) in [7, 11) is 1.59. The van der Waals surface area contributed by atoms with E-state index in [0.717, 1.165) is 15.6 Å². The van der Waals surface area contributed by atoms with Gasteiger partial charge in [-0.1, -0.05) is 28.1 Å². The van der Waals surface area contributed by atoms with Crippen LogP contribution in [0.4, 0.5) is 0 Å². The lowest BCUT2D eigenvalue weighted by molar-refractivity contribution is -0.131. The molecule has 0 aliphatic heterocycles. The van der Waals surface area contributed by atoms with Crippen LogP contribution in [-0.2, 0) is 16.1 Å². The molecule has 0 bridgehead atoms. The molecule has 0 aliphatic carbocycles. The van der Waals surface area contributed by atoms with Crippen molar-refractivity contribution < 1.29 is 14.0 Å². The van der Waals surface area contributed by atoms with Crippen molar-refractivity contribution in [1.29, 1.82) is 0 Å². The first-order valence-electron chi connectivity index (χ1n) is 7.44. The molecule has 0 saturated carbocycles. The minimum Gasteiger partial charge on any atom is -0.467 e. The number of aryl methyl sites for hydroxylation is 1. The molecule has 24 heavy (non-hydrogen) atoms. The molecule has 1 aromatic heterocycles. The number of likely N-dealkylation sites (N-methyl/N-ethyl adjacent to an activating group) is 1. The van der Waals surface area contributed by atoms with Gasteiger partial charge in [-0.05, 0) is 42.3 Å². The van der Waals surface area contributed by atoms with E-state index in [-0.39, 0.29) is 18.4 Å². The molecule has 0 aliphatic rings. The molecule has 6 heteroatoms. The van der Waals surface area contributed by atoms with E-state index in [1.54, 1.807) is 31.5 Å². The van der Waals surface area contributed by atoms with Crippen LogP contribution in [0.3, 0.4) is 0 Å². The summed E-state index contributed by atoms with van der Waals surface area (Å²) in [5.41, 5.74) is 2.04. The van der Waals surface area contributed by atoms with Gasteiger partial charge in [0.25, 0.3) is 0 Å². The minimum absolute atomic E-state index is 0.0149. The van der Waals surface area contributed by atoms with Crippen LogP contribution in [0.5, 0.6) is 0 Å². The molecular weight excluding hydrogens is 372 g/mol. The van der Waals surface area contributed by atoms with E-state index in [9.17, 15) is 9.59 Å². The Kier molecular flexibility index (Phi) is 6.37. The minimum atomic E-state index is -0.243. The Morgan fingerprint density at radius 3 is 2.79 bits per heavy atom. The van der Waals surface area contributed by atoms with Crippen molar-refractivity contribution in [2.45, 2.75) is 13.5 Å². The van der Waals surface area contributed by atoms with Crippen molar-refractivity contribution >= 4 is 33.8 Å². The predicted octanol–water partition coefficient (Wildman–Crippen LogP) is 3.14. The molecule has 2 aromatic rings. The molecular formula is C18H19BrN2O3. The van der Waals surface area contributed by atoms with Crippen LogP contribution in [0.25, 0.3) is 6.08 Å². The van der Waals surface area contributed by atoms with Crippen LogP contribution >= 0.6 is 15.9 Å². The van der Waals surface area contributed by atoms with Crippen LogP contribution < -0.4 is 5.32 Å². The summed E-state index contributed by atoms with van der Waals surface area (Å²) in [5.74, 6) is 0.184. The van der Waals surface area contributed by atoms with Crippen molar-refractivity contribution in [2.24, 2.45) is 0 Å². The second kappa shape index (κ2) is 8.49. The van der Waals surface area contributed by atoms with Crippen molar-refractivity contribution in [1.82, 2.24) is 10.2 Å². The molecule has 0 unspecified atom stereocenters. The number of furan rings is 1. The molecule has 0 spiro atoms. The van der Waals surface area contributed by atoms with E-state index in [1.807, 2.05) is 25.1 Å². The highest BCUT2D eigenvalue weighted by atomic mass is 79.9. The third-order valence-electron chi connectivity index (χ3n) is 3.36. The molecule has 2 rings (SSSR count). The summed E-state index contributed by atoms with van der Waals surface area (Å²) in [6.45, 7) is 2.29. The summed E-state index contributed by atoms with van der Waals surface area (Å²) in [6.07, 6.45) is 4.73. The lowest BCUT2D eigenvalue weighted by atomic mass is 10.1. The Balaban J connectivity index is 1.84. The summed E-state index contributed by atoms with van der Waals surface area (Å²) >= 11 is 3.46. The summed E-state index contributed by atoms with van der Waals surface area (Å²) < 4.78 is 6.05. The fourth-order valence-electron chi connectivity index (χ4n) is 2.00. The molecule has 126 valence electrons. The van der Waals surface area contributed by atoms with Gasteiger partial charge < -0.3 is 14.6 Å². The number of nitrogens with zero attached hydrogens (tertiary/aromatic N) is 1. The number of hydrogen-bond acceptors (Lipinski definition) is 3. The van der Waals surface area contributed by atoms with Crippen LogP contribution in [0, 0.1) is 6.92 Å². The standard InChI is InChI=1S/C18H19BrN2O3/c1-13-5-6-14(16(19)10-13)7-8-18(23)21(2)12-17(22)20-11-15-4-3-9-24-15/h3-10H,11-12H2,1-2H3,(H,20,22)/b8-7+. The van der Waals surface area contributed by atoms with Crippen molar-refractivity contribution in [3.63, 3.8) is 0 Å². The van der Waals surface area contributed by atoms with Gasteiger partial charge in [-0.25, -0.2) is 0 Å². The summed E-state index contributed by atoms with van der Waals surface area (Å²) in [4.78, 5) is 25.3. The molecule has 0 fully saturated rings. The molecule has 1 heterocycles. The average Bonchev–Trinajstić information content (AvgIpc) is 3.05. The Bertz CT molecular complexity index is 739. The van der Waals surface area contributed by atoms with E-state index in [0.29, 0.717) is 12.3 Å². The Morgan fingerprint density at radius 2 is 2.12 bits per heavy atom. The third kappa shape index (κ3) is 5.38. The van der Waals surface area contributed by atoms with Gasteiger partial charge in [0, 0.05) is 17.6 Å². The number of halogens is 1. The highest BCUT2D eigenvalue weighted by molar-refractivity contribution is 9.10. The lowest BCUT2D eigenvalue weighted by Crippen LogP contribution is -2.37. The fraction of sp³-hybridized carbons (Fsp3) is 0.222. The largest absolute Gasteiger partial charge is 0.467 e. The molecule has 5 nitrogen and oxygen atoms in total. The van der Waals surface area contributed by atoms with Gasteiger partial charge in [-0.15, -0.1) is 0 Å². The van der Waals surface area contributed by atoms with Gasteiger partial charge in [0.2, 0.25) is 11.8 Å². The van der Waals surface area contributed by atoms with Crippen LogP contribution in [0.2, 0.25) is 0 Å².